The number of fused-ring (bicyclic) bond motifs is 1. The molecule has 1 aliphatic rings. The van der Waals surface area contributed by atoms with Crippen LogP contribution < -0.4 is 15.9 Å². The molecule has 2 aromatic carbocycles. The molecule has 1 aliphatic carbocycles. The van der Waals surface area contributed by atoms with E-state index in [2.05, 4.69) is 38.8 Å². The number of nitrogens with zero attached hydrogens (tertiary/aromatic N) is 2. The van der Waals surface area contributed by atoms with Gasteiger partial charge in [0, 0.05) is 11.0 Å². The van der Waals surface area contributed by atoms with Crippen molar-refractivity contribution in [3.05, 3.63) is 64.3 Å². The monoisotopic (exact) mass is 454 g/mol. The number of rotatable bonds is 5. The van der Waals surface area contributed by atoms with Crippen LogP contribution in [-0.4, -0.2) is 23.3 Å². The first-order valence-corrected chi connectivity index (χ1v) is 13.6. The van der Waals surface area contributed by atoms with Crippen LogP contribution in [0.5, 0.6) is 0 Å². The van der Waals surface area contributed by atoms with E-state index >= 15 is 0 Å². The van der Waals surface area contributed by atoms with E-state index < -0.39 is 7.14 Å². The molecule has 2 N–H and O–H groups in total. The van der Waals surface area contributed by atoms with Crippen LogP contribution in [0.4, 0.5) is 23.1 Å². The average Bonchev–Trinajstić information content (AvgIpc) is 2.96. The SMILES string of the molecule is Cc1ccc(Nc2nc(Nc3ccc4c(c3)CCCCC4)ncc2Cl)c(P(C)(C)=O)c1. The number of benzene rings is 2. The molecule has 0 atom stereocenters. The molecule has 5 nitrogen and oxygen atoms in total. The maximum absolute atomic E-state index is 12.8. The molecule has 0 fully saturated rings. The molecule has 0 bridgehead atoms. The summed E-state index contributed by atoms with van der Waals surface area (Å²) in [5.74, 6) is 0.942. The van der Waals surface area contributed by atoms with Gasteiger partial charge in [0.2, 0.25) is 5.95 Å². The van der Waals surface area contributed by atoms with E-state index in [-0.39, 0.29) is 0 Å². The Labute approximate surface area is 189 Å². The van der Waals surface area contributed by atoms with Crippen LogP contribution >= 0.6 is 18.7 Å². The zero-order valence-electron chi connectivity index (χ0n) is 18.2. The van der Waals surface area contributed by atoms with E-state index in [0.717, 1.165) is 35.1 Å². The van der Waals surface area contributed by atoms with Gasteiger partial charge in [-0.25, -0.2) is 4.98 Å². The fraction of sp³-hybridized carbons (Fsp3) is 0.333. The summed E-state index contributed by atoms with van der Waals surface area (Å²) in [5.41, 5.74) is 5.62. The molecule has 4 rings (SSSR count). The van der Waals surface area contributed by atoms with Crippen molar-refractivity contribution < 1.29 is 4.57 Å². The summed E-state index contributed by atoms with van der Waals surface area (Å²) in [6.45, 7) is 5.52. The van der Waals surface area contributed by atoms with E-state index in [1.165, 1.54) is 30.4 Å². The average molecular weight is 455 g/mol. The van der Waals surface area contributed by atoms with Crippen LogP contribution in [0.15, 0.2) is 42.6 Å². The van der Waals surface area contributed by atoms with Gasteiger partial charge in [-0.05, 0) is 81.3 Å². The van der Waals surface area contributed by atoms with Gasteiger partial charge in [0.1, 0.15) is 12.2 Å². The van der Waals surface area contributed by atoms with E-state index in [0.29, 0.717) is 16.8 Å². The zero-order valence-corrected chi connectivity index (χ0v) is 19.9. The predicted molar refractivity (Wildman–Crippen MR) is 132 cm³/mol. The Morgan fingerprint density at radius 3 is 2.52 bits per heavy atom. The third-order valence-electron chi connectivity index (χ3n) is 5.59. The lowest BCUT2D eigenvalue weighted by molar-refractivity contribution is 0.588. The number of anilines is 4. The van der Waals surface area contributed by atoms with Crippen molar-refractivity contribution in [1.29, 1.82) is 0 Å². The first kappa shape index (κ1) is 21.9. The van der Waals surface area contributed by atoms with E-state index in [1.54, 1.807) is 19.5 Å². The van der Waals surface area contributed by atoms with Gasteiger partial charge in [-0.2, -0.15) is 4.98 Å². The lowest BCUT2D eigenvalue weighted by atomic mass is 10.0. The van der Waals surface area contributed by atoms with Gasteiger partial charge in [-0.3, -0.25) is 0 Å². The third-order valence-corrected chi connectivity index (χ3v) is 7.39. The number of nitrogens with one attached hydrogen (secondary N) is 2. The molecule has 0 saturated carbocycles. The van der Waals surface area contributed by atoms with Crippen molar-refractivity contribution in [3.8, 4) is 0 Å². The maximum atomic E-state index is 12.8. The summed E-state index contributed by atoms with van der Waals surface area (Å²) < 4.78 is 12.8. The topological polar surface area (TPSA) is 66.9 Å². The molecule has 1 aromatic heterocycles. The first-order chi connectivity index (χ1) is 14.8. The molecule has 0 saturated heterocycles. The van der Waals surface area contributed by atoms with Crippen molar-refractivity contribution in [3.63, 3.8) is 0 Å². The highest BCUT2D eigenvalue weighted by molar-refractivity contribution is 7.70. The van der Waals surface area contributed by atoms with E-state index in [4.69, 9.17) is 11.6 Å². The predicted octanol–water partition coefficient (Wildman–Crippen LogP) is 6.44. The zero-order chi connectivity index (χ0) is 22.0. The maximum Gasteiger partial charge on any atom is 0.229 e. The van der Waals surface area contributed by atoms with Crippen LogP contribution in [0, 0.1) is 6.92 Å². The van der Waals surface area contributed by atoms with Gasteiger partial charge in [0.05, 0.1) is 11.9 Å². The molecule has 7 heteroatoms. The Hall–Kier alpha value is -2.36. The van der Waals surface area contributed by atoms with Gasteiger partial charge >= 0.3 is 0 Å². The van der Waals surface area contributed by atoms with Crippen molar-refractivity contribution >= 4 is 47.2 Å². The molecule has 31 heavy (non-hydrogen) atoms. The summed E-state index contributed by atoms with van der Waals surface area (Å²) in [6.07, 6.45) is 7.63. The van der Waals surface area contributed by atoms with Crippen LogP contribution in [0.25, 0.3) is 0 Å². The van der Waals surface area contributed by atoms with Crippen molar-refractivity contribution in [2.24, 2.45) is 0 Å². The Morgan fingerprint density at radius 1 is 0.968 bits per heavy atom. The molecule has 0 unspecified atom stereocenters. The standard InChI is InChI=1S/C24H28ClN4OP/c1-16-9-12-21(22(13-16)31(2,3)30)28-23-20(25)15-26-24(29-23)27-19-11-10-17-7-5-4-6-8-18(17)14-19/h9-15H,4-8H2,1-3H3,(H2,26,27,28,29). The normalized spacial score (nSPS) is 13.9. The van der Waals surface area contributed by atoms with Gasteiger partial charge in [0.15, 0.2) is 5.82 Å². The number of halogens is 1. The second-order valence-electron chi connectivity index (χ2n) is 8.56. The largest absolute Gasteiger partial charge is 0.338 e. The summed E-state index contributed by atoms with van der Waals surface area (Å²) >= 11 is 6.38. The second kappa shape index (κ2) is 9.02. The number of hydrogen-bond acceptors (Lipinski definition) is 5. The highest BCUT2D eigenvalue weighted by Gasteiger charge is 2.18. The highest BCUT2D eigenvalue weighted by atomic mass is 35.5. The molecular weight excluding hydrogens is 427 g/mol. The molecule has 162 valence electrons. The first-order valence-electron chi connectivity index (χ1n) is 10.6. The summed E-state index contributed by atoms with van der Waals surface area (Å²) in [5, 5.41) is 7.75. The second-order valence-corrected chi connectivity index (χ2v) is 12.1. The quantitative estimate of drug-likeness (QED) is 0.343. The fourth-order valence-corrected chi connectivity index (χ4v) is 5.32. The summed E-state index contributed by atoms with van der Waals surface area (Å²) in [4.78, 5) is 8.93. The molecule has 0 amide bonds. The third kappa shape index (κ3) is 5.28. The van der Waals surface area contributed by atoms with Gasteiger partial charge < -0.3 is 15.2 Å². The van der Waals surface area contributed by atoms with Crippen molar-refractivity contribution in [2.75, 3.05) is 24.0 Å². The smallest absolute Gasteiger partial charge is 0.229 e. The molecule has 0 radical (unpaired) electrons. The molecule has 1 heterocycles. The van der Waals surface area contributed by atoms with Crippen LogP contribution in [0.1, 0.15) is 36.0 Å². The van der Waals surface area contributed by atoms with Crippen molar-refractivity contribution in [1.82, 2.24) is 9.97 Å². The molecular formula is C24H28ClN4OP. The van der Waals surface area contributed by atoms with Gasteiger partial charge in [-0.1, -0.05) is 35.7 Å². The lowest BCUT2D eigenvalue weighted by Crippen LogP contribution is -2.11. The fourth-order valence-electron chi connectivity index (χ4n) is 3.95. The van der Waals surface area contributed by atoms with E-state index in [1.807, 2.05) is 25.1 Å². The van der Waals surface area contributed by atoms with Crippen LogP contribution in [-0.2, 0) is 17.4 Å². The Balaban J connectivity index is 1.60. The molecule has 0 spiro atoms. The Morgan fingerprint density at radius 2 is 1.74 bits per heavy atom. The molecule has 0 aliphatic heterocycles. The number of hydrogen-bond donors (Lipinski definition) is 2. The minimum atomic E-state index is -2.48. The number of aromatic nitrogens is 2. The van der Waals surface area contributed by atoms with Crippen LogP contribution in [0.2, 0.25) is 5.02 Å². The Kier molecular flexibility index (Phi) is 6.36. The summed E-state index contributed by atoms with van der Waals surface area (Å²) in [6, 6.07) is 12.3. The minimum Gasteiger partial charge on any atom is -0.338 e. The van der Waals surface area contributed by atoms with E-state index in [9.17, 15) is 4.57 Å². The van der Waals surface area contributed by atoms with Crippen molar-refractivity contribution in [2.45, 2.75) is 39.0 Å². The number of aryl methyl sites for hydroxylation is 3. The van der Waals surface area contributed by atoms with Gasteiger partial charge in [0.25, 0.3) is 0 Å². The summed E-state index contributed by atoms with van der Waals surface area (Å²) in [7, 11) is -2.48. The lowest BCUT2D eigenvalue weighted by Gasteiger charge is -2.17. The Bertz CT molecular complexity index is 1160. The molecule has 3 aromatic rings. The highest BCUT2D eigenvalue weighted by Crippen LogP contribution is 2.39. The minimum absolute atomic E-state index is 0.404. The van der Waals surface area contributed by atoms with Gasteiger partial charge in [-0.15, -0.1) is 0 Å². The van der Waals surface area contributed by atoms with Crippen LogP contribution in [0.3, 0.4) is 0 Å².